The average molecular weight is 285 g/mol. The van der Waals surface area contributed by atoms with E-state index < -0.39 is 0 Å². The standard InChI is InChI=1S/C10H9BrN2O3/c1-15-9-5-7(6-13-14)4-8(11)10(9)16-3-2-12/h4-6,14H,3H2,1H3/b13-6+. The Morgan fingerprint density at radius 3 is 2.94 bits per heavy atom. The van der Waals surface area contributed by atoms with Gasteiger partial charge in [-0.1, -0.05) is 5.16 Å². The first-order valence-corrected chi connectivity index (χ1v) is 5.07. The van der Waals surface area contributed by atoms with Crippen molar-refractivity contribution in [1.29, 1.82) is 5.26 Å². The fraction of sp³-hybridized carbons (Fsp3) is 0.200. The molecule has 0 unspecified atom stereocenters. The van der Waals surface area contributed by atoms with Crippen LogP contribution < -0.4 is 9.47 Å². The topological polar surface area (TPSA) is 74.8 Å². The molecule has 1 aromatic carbocycles. The molecule has 6 heteroatoms. The van der Waals surface area contributed by atoms with Crippen LogP contribution >= 0.6 is 15.9 Å². The molecule has 1 N–H and O–H groups in total. The Morgan fingerprint density at radius 1 is 1.62 bits per heavy atom. The molecule has 16 heavy (non-hydrogen) atoms. The maximum absolute atomic E-state index is 8.44. The van der Waals surface area contributed by atoms with Crippen molar-refractivity contribution in [2.75, 3.05) is 13.7 Å². The van der Waals surface area contributed by atoms with E-state index in [4.69, 9.17) is 19.9 Å². The van der Waals surface area contributed by atoms with E-state index in [0.29, 0.717) is 21.5 Å². The summed E-state index contributed by atoms with van der Waals surface area (Å²) in [6.45, 7) is -0.0671. The summed E-state index contributed by atoms with van der Waals surface area (Å²) >= 11 is 3.28. The highest BCUT2D eigenvalue weighted by atomic mass is 79.9. The summed E-state index contributed by atoms with van der Waals surface area (Å²) < 4.78 is 10.9. The molecule has 0 aromatic heterocycles. The van der Waals surface area contributed by atoms with Crippen molar-refractivity contribution in [3.8, 4) is 17.6 Å². The highest BCUT2D eigenvalue weighted by Gasteiger charge is 2.10. The number of hydrogen-bond acceptors (Lipinski definition) is 5. The Balaban J connectivity index is 3.13. The molecule has 1 rings (SSSR count). The normalized spacial score (nSPS) is 10.1. The predicted molar refractivity (Wildman–Crippen MR) is 61.2 cm³/mol. The Bertz CT molecular complexity index is 440. The molecular weight excluding hydrogens is 276 g/mol. The maximum atomic E-state index is 8.44. The quantitative estimate of drug-likeness (QED) is 0.522. The smallest absolute Gasteiger partial charge is 0.176 e. The summed E-state index contributed by atoms with van der Waals surface area (Å²) in [6, 6.07) is 5.20. The summed E-state index contributed by atoms with van der Waals surface area (Å²) in [6.07, 6.45) is 1.27. The molecule has 0 amide bonds. The fourth-order valence-corrected chi connectivity index (χ4v) is 1.70. The zero-order valence-corrected chi connectivity index (χ0v) is 10.1. The minimum Gasteiger partial charge on any atom is -0.493 e. The van der Waals surface area contributed by atoms with Gasteiger partial charge in [-0.2, -0.15) is 5.26 Å². The van der Waals surface area contributed by atoms with Gasteiger partial charge in [-0.05, 0) is 28.1 Å². The van der Waals surface area contributed by atoms with Crippen LogP contribution in [0, 0.1) is 11.3 Å². The van der Waals surface area contributed by atoms with Crippen LogP contribution in [0.2, 0.25) is 0 Å². The lowest BCUT2D eigenvalue weighted by Gasteiger charge is -2.10. The van der Waals surface area contributed by atoms with Crippen molar-refractivity contribution in [3.63, 3.8) is 0 Å². The minimum atomic E-state index is -0.0671. The summed E-state index contributed by atoms with van der Waals surface area (Å²) in [5.74, 6) is 0.902. The molecule has 0 aliphatic rings. The molecule has 0 bridgehead atoms. The van der Waals surface area contributed by atoms with E-state index in [2.05, 4.69) is 21.1 Å². The van der Waals surface area contributed by atoms with Crippen LogP contribution in [0.25, 0.3) is 0 Å². The SMILES string of the molecule is COc1cc(/C=N/O)cc(Br)c1OCC#N. The number of nitriles is 1. The monoisotopic (exact) mass is 284 g/mol. The number of halogens is 1. The van der Waals surface area contributed by atoms with Crippen molar-refractivity contribution in [2.24, 2.45) is 5.16 Å². The summed E-state index contributed by atoms with van der Waals surface area (Å²) in [5, 5.41) is 19.8. The summed E-state index contributed by atoms with van der Waals surface area (Å²) in [7, 11) is 1.49. The van der Waals surface area contributed by atoms with E-state index in [1.807, 2.05) is 6.07 Å². The first-order chi connectivity index (χ1) is 7.72. The van der Waals surface area contributed by atoms with E-state index in [-0.39, 0.29) is 6.61 Å². The minimum absolute atomic E-state index is 0.0671. The van der Waals surface area contributed by atoms with Gasteiger partial charge in [0.2, 0.25) is 0 Å². The third-order valence-corrected chi connectivity index (χ3v) is 2.33. The molecule has 0 heterocycles. The zero-order valence-electron chi connectivity index (χ0n) is 8.48. The molecule has 0 saturated carbocycles. The van der Waals surface area contributed by atoms with Crippen LogP contribution in [0.1, 0.15) is 5.56 Å². The van der Waals surface area contributed by atoms with Gasteiger partial charge in [0.1, 0.15) is 6.07 Å². The van der Waals surface area contributed by atoms with Crippen molar-refractivity contribution in [3.05, 3.63) is 22.2 Å². The van der Waals surface area contributed by atoms with Crippen molar-refractivity contribution < 1.29 is 14.7 Å². The molecule has 0 aliphatic carbocycles. The van der Waals surface area contributed by atoms with Gasteiger partial charge in [-0.15, -0.1) is 0 Å². The number of rotatable bonds is 4. The van der Waals surface area contributed by atoms with Gasteiger partial charge in [-0.25, -0.2) is 0 Å². The Morgan fingerprint density at radius 2 is 2.38 bits per heavy atom. The predicted octanol–water partition coefficient (Wildman–Crippen LogP) is 2.17. The number of methoxy groups -OCH3 is 1. The van der Waals surface area contributed by atoms with Gasteiger partial charge in [0.15, 0.2) is 18.1 Å². The first-order valence-electron chi connectivity index (χ1n) is 4.27. The van der Waals surface area contributed by atoms with Crippen LogP contribution in [0.15, 0.2) is 21.8 Å². The molecule has 0 atom stereocenters. The summed E-state index contributed by atoms with van der Waals surface area (Å²) in [4.78, 5) is 0. The molecule has 0 saturated heterocycles. The molecule has 1 aromatic rings. The second-order valence-electron chi connectivity index (χ2n) is 2.73. The molecule has 0 aliphatic heterocycles. The van der Waals surface area contributed by atoms with Crippen LogP contribution in [-0.4, -0.2) is 25.1 Å². The number of ether oxygens (including phenoxy) is 2. The lowest BCUT2D eigenvalue weighted by atomic mass is 10.2. The Kier molecular flexibility index (Phi) is 4.61. The average Bonchev–Trinajstić information content (AvgIpc) is 2.27. The lowest BCUT2D eigenvalue weighted by molar-refractivity contribution is 0.321. The van der Waals surface area contributed by atoms with Crippen molar-refractivity contribution >= 4 is 22.1 Å². The number of benzene rings is 1. The van der Waals surface area contributed by atoms with E-state index in [9.17, 15) is 0 Å². The highest BCUT2D eigenvalue weighted by molar-refractivity contribution is 9.10. The fourth-order valence-electron chi connectivity index (χ4n) is 1.13. The van der Waals surface area contributed by atoms with Crippen molar-refractivity contribution in [2.45, 2.75) is 0 Å². The van der Waals surface area contributed by atoms with Gasteiger partial charge < -0.3 is 14.7 Å². The van der Waals surface area contributed by atoms with Crippen LogP contribution in [0.4, 0.5) is 0 Å². The lowest BCUT2D eigenvalue weighted by Crippen LogP contribution is -1.98. The maximum Gasteiger partial charge on any atom is 0.176 e. The molecule has 0 fully saturated rings. The second-order valence-corrected chi connectivity index (χ2v) is 3.58. The number of hydrogen-bond donors (Lipinski definition) is 1. The van der Waals surface area contributed by atoms with E-state index in [1.165, 1.54) is 13.3 Å². The largest absolute Gasteiger partial charge is 0.493 e. The van der Waals surface area contributed by atoms with Gasteiger partial charge >= 0.3 is 0 Å². The van der Waals surface area contributed by atoms with E-state index >= 15 is 0 Å². The molecule has 84 valence electrons. The highest BCUT2D eigenvalue weighted by Crippen LogP contribution is 2.36. The van der Waals surface area contributed by atoms with Crippen LogP contribution in [0.3, 0.4) is 0 Å². The van der Waals surface area contributed by atoms with Gasteiger partial charge in [0.25, 0.3) is 0 Å². The van der Waals surface area contributed by atoms with E-state index in [1.54, 1.807) is 12.1 Å². The first kappa shape index (κ1) is 12.3. The Hall–Kier alpha value is -1.74. The van der Waals surface area contributed by atoms with Crippen LogP contribution in [-0.2, 0) is 0 Å². The molecule has 0 spiro atoms. The third kappa shape index (κ3) is 2.87. The Labute approximate surface area is 101 Å². The zero-order chi connectivity index (χ0) is 12.0. The third-order valence-electron chi connectivity index (χ3n) is 1.74. The summed E-state index contributed by atoms with van der Waals surface area (Å²) in [5.41, 5.74) is 0.649. The van der Waals surface area contributed by atoms with Gasteiger partial charge in [0.05, 0.1) is 17.8 Å². The van der Waals surface area contributed by atoms with Crippen molar-refractivity contribution in [1.82, 2.24) is 0 Å². The second kappa shape index (κ2) is 5.98. The number of oxime groups is 1. The van der Waals surface area contributed by atoms with Gasteiger partial charge in [-0.3, -0.25) is 0 Å². The van der Waals surface area contributed by atoms with Crippen LogP contribution in [0.5, 0.6) is 11.5 Å². The molecule has 5 nitrogen and oxygen atoms in total. The number of nitrogens with zero attached hydrogens (tertiary/aromatic N) is 2. The molecular formula is C10H9BrN2O3. The van der Waals surface area contributed by atoms with Gasteiger partial charge in [0, 0.05) is 5.56 Å². The van der Waals surface area contributed by atoms with E-state index in [0.717, 1.165) is 0 Å². The molecule has 0 radical (unpaired) electrons.